The summed E-state index contributed by atoms with van der Waals surface area (Å²) in [5, 5.41) is 4.07. The summed E-state index contributed by atoms with van der Waals surface area (Å²) in [6.45, 7) is 5.37. The lowest BCUT2D eigenvalue weighted by atomic mass is 10.0. The molecule has 2 aromatic heterocycles. The number of piperazine rings is 1. The van der Waals surface area contributed by atoms with Gasteiger partial charge in [0.1, 0.15) is 5.65 Å². The Bertz CT molecular complexity index is 1370. The molecule has 5 rings (SSSR count). The number of aromatic nitrogens is 3. The standard InChI is InChI=1S/C28H34N6O4/c1-33-10-12-34(13-11-33)17-18-6-8-20(9-7-18)30-28-31-26-24(27(32-28)38-5)21(16-29-26)19-14-22(35-2)25(37-4)23(15-19)36-3/h6-9,14-16H,10-13,17H2,1-5H3,(H2,29,30,31,32). The van der Waals surface area contributed by atoms with Gasteiger partial charge < -0.3 is 34.1 Å². The van der Waals surface area contributed by atoms with Crippen LogP contribution in [0.5, 0.6) is 23.1 Å². The SMILES string of the molecule is COc1cc(-c2c[nH]c3nc(Nc4ccc(CN5CCN(C)CC5)cc4)nc(OC)c23)cc(OC)c1OC. The smallest absolute Gasteiger partial charge is 0.232 e. The maximum atomic E-state index is 5.69. The largest absolute Gasteiger partial charge is 0.493 e. The maximum absolute atomic E-state index is 5.69. The Balaban J connectivity index is 1.39. The monoisotopic (exact) mass is 518 g/mol. The Morgan fingerprint density at radius 1 is 0.868 bits per heavy atom. The van der Waals surface area contributed by atoms with E-state index in [9.17, 15) is 0 Å². The number of hydrogen-bond acceptors (Lipinski definition) is 9. The minimum atomic E-state index is 0.444. The van der Waals surface area contributed by atoms with Crippen molar-refractivity contribution in [3.63, 3.8) is 0 Å². The Hall–Kier alpha value is -4.02. The number of methoxy groups -OCH3 is 4. The van der Waals surface area contributed by atoms with E-state index in [1.54, 1.807) is 28.4 Å². The lowest BCUT2D eigenvalue weighted by Gasteiger charge is -2.32. The van der Waals surface area contributed by atoms with Crippen LogP contribution in [0.4, 0.5) is 11.6 Å². The highest BCUT2D eigenvalue weighted by Crippen LogP contribution is 2.43. The van der Waals surface area contributed by atoms with E-state index in [1.807, 2.05) is 18.3 Å². The third kappa shape index (κ3) is 5.18. The Morgan fingerprint density at radius 3 is 2.16 bits per heavy atom. The number of hydrogen-bond donors (Lipinski definition) is 2. The minimum absolute atomic E-state index is 0.444. The number of H-pyrrole nitrogens is 1. The third-order valence-electron chi connectivity index (χ3n) is 6.88. The van der Waals surface area contributed by atoms with Crippen LogP contribution in [0.15, 0.2) is 42.6 Å². The predicted octanol–water partition coefficient (Wildman–Crippen LogP) is 4.15. The van der Waals surface area contributed by atoms with Gasteiger partial charge in [-0.2, -0.15) is 9.97 Å². The van der Waals surface area contributed by atoms with Crippen LogP contribution in [-0.2, 0) is 6.54 Å². The number of likely N-dealkylation sites (N-methyl/N-ethyl adjacent to an activating group) is 1. The van der Waals surface area contributed by atoms with Gasteiger partial charge in [0.2, 0.25) is 17.6 Å². The third-order valence-corrected chi connectivity index (χ3v) is 6.88. The molecule has 38 heavy (non-hydrogen) atoms. The van der Waals surface area contributed by atoms with Gasteiger partial charge in [0, 0.05) is 50.2 Å². The van der Waals surface area contributed by atoms with Crippen molar-refractivity contribution in [3.05, 3.63) is 48.2 Å². The highest BCUT2D eigenvalue weighted by Gasteiger charge is 2.20. The summed E-state index contributed by atoms with van der Waals surface area (Å²) in [5.41, 5.74) is 4.55. The number of anilines is 2. The first-order valence-electron chi connectivity index (χ1n) is 12.5. The van der Waals surface area contributed by atoms with Gasteiger partial charge in [-0.1, -0.05) is 12.1 Å². The first-order chi connectivity index (χ1) is 18.5. The fourth-order valence-corrected chi connectivity index (χ4v) is 4.75. The second kappa shape index (κ2) is 11.2. The van der Waals surface area contributed by atoms with Crippen LogP contribution < -0.4 is 24.3 Å². The van der Waals surface area contributed by atoms with Crippen LogP contribution in [0.2, 0.25) is 0 Å². The molecule has 1 saturated heterocycles. The van der Waals surface area contributed by atoms with E-state index < -0.39 is 0 Å². The molecular weight excluding hydrogens is 484 g/mol. The van der Waals surface area contributed by atoms with Crippen molar-refractivity contribution in [1.82, 2.24) is 24.8 Å². The summed E-state index contributed by atoms with van der Waals surface area (Å²) < 4.78 is 22.2. The number of benzene rings is 2. The molecule has 0 bridgehead atoms. The van der Waals surface area contributed by atoms with Crippen molar-refractivity contribution in [2.75, 3.05) is 67.0 Å². The van der Waals surface area contributed by atoms with Crippen LogP contribution in [-0.4, -0.2) is 86.4 Å². The molecule has 1 fully saturated rings. The summed E-state index contributed by atoms with van der Waals surface area (Å²) in [5.74, 6) is 2.55. The van der Waals surface area contributed by atoms with Crippen LogP contribution in [0.1, 0.15) is 5.56 Å². The van der Waals surface area contributed by atoms with E-state index in [1.165, 1.54) is 5.56 Å². The molecule has 10 heteroatoms. The van der Waals surface area contributed by atoms with Gasteiger partial charge in [0.05, 0.1) is 33.8 Å². The Morgan fingerprint density at radius 2 is 1.55 bits per heavy atom. The number of nitrogens with one attached hydrogen (secondary N) is 2. The van der Waals surface area contributed by atoms with E-state index >= 15 is 0 Å². The zero-order chi connectivity index (χ0) is 26.6. The average molecular weight is 519 g/mol. The molecule has 1 aliphatic heterocycles. The number of aromatic amines is 1. The maximum Gasteiger partial charge on any atom is 0.232 e. The van der Waals surface area contributed by atoms with Gasteiger partial charge in [0.15, 0.2) is 11.5 Å². The van der Waals surface area contributed by atoms with Crippen molar-refractivity contribution >= 4 is 22.7 Å². The normalized spacial score (nSPS) is 14.4. The summed E-state index contributed by atoms with van der Waals surface area (Å²) in [7, 11) is 8.55. The molecule has 0 spiro atoms. The molecule has 2 N–H and O–H groups in total. The molecule has 0 unspecified atom stereocenters. The quantitative estimate of drug-likeness (QED) is 0.339. The lowest BCUT2D eigenvalue weighted by molar-refractivity contribution is 0.148. The van der Waals surface area contributed by atoms with Crippen molar-refractivity contribution < 1.29 is 18.9 Å². The van der Waals surface area contributed by atoms with Gasteiger partial charge in [0.25, 0.3) is 0 Å². The zero-order valence-corrected chi connectivity index (χ0v) is 22.5. The number of fused-ring (bicyclic) bond motifs is 1. The fourth-order valence-electron chi connectivity index (χ4n) is 4.75. The first-order valence-corrected chi connectivity index (χ1v) is 12.5. The van der Waals surface area contributed by atoms with Gasteiger partial charge in [-0.3, -0.25) is 4.90 Å². The first kappa shape index (κ1) is 25.6. The lowest BCUT2D eigenvalue weighted by Crippen LogP contribution is -2.43. The van der Waals surface area contributed by atoms with Gasteiger partial charge in [-0.05, 0) is 42.4 Å². The minimum Gasteiger partial charge on any atom is -0.493 e. The van der Waals surface area contributed by atoms with Crippen LogP contribution >= 0.6 is 0 Å². The van der Waals surface area contributed by atoms with E-state index in [0.717, 1.165) is 54.9 Å². The molecule has 0 atom stereocenters. The fraction of sp³-hybridized carbons (Fsp3) is 0.357. The summed E-state index contributed by atoms with van der Waals surface area (Å²) in [4.78, 5) is 17.5. The van der Waals surface area contributed by atoms with E-state index in [-0.39, 0.29) is 0 Å². The highest BCUT2D eigenvalue weighted by atomic mass is 16.5. The van der Waals surface area contributed by atoms with E-state index in [4.69, 9.17) is 23.9 Å². The van der Waals surface area contributed by atoms with E-state index in [0.29, 0.717) is 34.7 Å². The van der Waals surface area contributed by atoms with Crippen molar-refractivity contribution in [1.29, 1.82) is 0 Å². The average Bonchev–Trinajstić information content (AvgIpc) is 3.38. The Labute approximate surface area is 222 Å². The molecule has 0 aliphatic carbocycles. The van der Waals surface area contributed by atoms with Crippen molar-refractivity contribution in [2.24, 2.45) is 0 Å². The second-order valence-corrected chi connectivity index (χ2v) is 9.30. The number of ether oxygens (including phenoxy) is 4. The van der Waals surface area contributed by atoms with Crippen LogP contribution in [0.25, 0.3) is 22.2 Å². The molecule has 4 aromatic rings. The summed E-state index contributed by atoms with van der Waals surface area (Å²) in [6, 6.07) is 12.2. The topological polar surface area (TPSA) is 97.0 Å². The van der Waals surface area contributed by atoms with Gasteiger partial charge >= 0.3 is 0 Å². The van der Waals surface area contributed by atoms with Crippen LogP contribution in [0.3, 0.4) is 0 Å². The van der Waals surface area contributed by atoms with Crippen molar-refractivity contribution in [2.45, 2.75) is 6.54 Å². The van der Waals surface area contributed by atoms with Gasteiger partial charge in [-0.25, -0.2) is 0 Å². The molecule has 200 valence electrons. The molecule has 0 amide bonds. The van der Waals surface area contributed by atoms with Crippen LogP contribution in [0, 0.1) is 0 Å². The summed E-state index contributed by atoms with van der Waals surface area (Å²) >= 11 is 0. The molecule has 2 aromatic carbocycles. The predicted molar refractivity (Wildman–Crippen MR) is 148 cm³/mol. The highest BCUT2D eigenvalue weighted by molar-refractivity contribution is 5.98. The number of rotatable bonds is 9. The molecular formula is C28H34N6O4. The Kier molecular flexibility index (Phi) is 7.52. The second-order valence-electron chi connectivity index (χ2n) is 9.30. The van der Waals surface area contributed by atoms with E-state index in [2.05, 4.69) is 56.4 Å². The molecule has 0 saturated carbocycles. The zero-order valence-electron chi connectivity index (χ0n) is 22.5. The molecule has 3 heterocycles. The molecule has 0 radical (unpaired) electrons. The van der Waals surface area contributed by atoms with Gasteiger partial charge in [-0.15, -0.1) is 0 Å². The number of nitrogens with zero attached hydrogens (tertiary/aromatic N) is 4. The molecule has 1 aliphatic rings. The van der Waals surface area contributed by atoms with Crippen molar-refractivity contribution in [3.8, 4) is 34.3 Å². The molecule has 10 nitrogen and oxygen atoms in total. The summed E-state index contributed by atoms with van der Waals surface area (Å²) in [6.07, 6.45) is 1.87.